The van der Waals surface area contributed by atoms with Crippen LogP contribution in [0, 0.1) is 5.41 Å². The summed E-state index contributed by atoms with van der Waals surface area (Å²) in [6.45, 7) is 5.46. The lowest BCUT2D eigenvalue weighted by molar-refractivity contribution is -0.135. The minimum absolute atomic E-state index is 0.0365. The summed E-state index contributed by atoms with van der Waals surface area (Å²) < 4.78 is 4.14. The maximum Gasteiger partial charge on any atom is 0.332 e. The number of amides is 1. The number of nitrogens with zero attached hydrogens (tertiary/aromatic N) is 4. The van der Waals surface area contributed by atoms with Crippen LogP contribution in [0.1, 0.15) is 20.3 Å². The van der Waals surface area contributed by atoms with E-state index in [4.69, 9.17) is 5.73 Å². The quantitative estimate of drug-likeness (QED) is 0.801. The largest absolute Gasteiger partial charge is 0.340 e. The van der Waals surface area contributed by atoms with E-state index in [2.05, 4.69) is 13.8 Å². The van der Waals surface area contributed by atoms with Gasteiger partial charge in [0.05, 0.1) is 5.39 Å². The van der Waals surface area contributed by atoms with Gasteiger partial charge in [0.15, 0.2) is 0 Å². The van der Waals surface area contributed by atoms with E-state index in [1.165, 1.54) is 11.6 Å². The molecule has 1 fully saturated rings. The Kier molecular flexibility index (Phi) is 4.10. The number of rotatable bonds is 2. The summed E-state index contributed by atoms with van der Waals surface area (Å²) in [6, 6.07) is 1.73. The van der Waals surface area contributed by atoms with Gasteiger partial charge < -0.3 is 15.2 Å². The maximum absolute atomic E-state index is 12.7. The van der Waals surface area contributed by atoms with Gasteiger partial charge in [-0.25, -0.2) is 4.79 Å². The van der Waals surface area contributed by atoms with Gasteiger partial charge >= 0.3 is 5.69 Å². The third kappa shape index (κ3) is 2.80. The van der Waals surface area contributed by atoms with E-state index in [1.807, 2.05) is 4.90 Å². The van der Waals surface area contributed by atoms with Crippen molar-refractivity contribution < 1.29 is 4.79 Å². The molecule has 0 radical (unpaired) electrons. The molecule has 0 saturated carbocycles. The van der Waals surface area contributed by atoms with Gasteiger partial charge in [-0.05, 0) is 17.9 Å². The summed E-state index contributed by atoms with van der Waals surface area (Å²) in [5.74, 6) is -0.0365. The van der Waals surface area contributed by atoms with Crippen LogP contribution in [0.3, 0.4) is 0 Å². The van der Waals surface area contributed by atoms with Crippen LogP contribution >= 0.6 is 0 Å². The molecule has 8 nitrogen and oxygen atoms in total. The summed E-state index contributed by atoms with van der Waals surface area (Å²) in [7, 11) is 3.06. The maximum atomic E-state index is 12.7. The number of piperidine rings is 1. The first kappa shape index (κ1) is 17.5. The zero-order valence-electron chi connectivity index (χ0n) is 15.2. The van der Waals surface area contributed by atoms with Crippen LogP contribution in [-0.4, -0.2) is 43.6 Å². The van der Waals surface area contributed by atoms with Crippen LogP contribution in [0.15, 0.2) is 21.9 Å². The molecule has 0 bridgehead atoms. The Labute approximate surface area is 145 Å². The van der Waals surface area contributed by atoms with E-state index in [0.717, 1.165) is 11.0 Å². The Morgan fingerprint density at radius 1 is 1.28 bits per heavy atom. The summed E-state index contributed by atoms with van der Waals surface area (Å²) >= 11 is 0. The van der Waals surface area contributed by atoms with Gasteiger partial charge in [-0.3, -0.25) is 18.7 Å². The molecule has 2 aromatic heterocycles. The normalized spacial score (nSPS) is 20.2. The van der Waals surface area contributed by atoms with Crippen molar-refractivity contribution in [3.63, 3.8) is 0 Å². The lowest BCUT2D eigenvalue weighted by atomic mass is 9.79. The van der Waals surface area contributed by atoms with Crippen LogP contribution < -0.4 is 17.0 Å². The molecule has 1 aliphatic rings. The lowest BCUT2D eigenvalue weighted by Gasteiger charge is -2.42. The van der Waals surface area contributed by atoms with Crippen LogP contribution in [0.2, 0.25) is 0 Å². The topological polar surface area (TPSA) is 95.3 Å². The van der Waals surface area contributed by atoms with Crippen molar-refractivity contribution in [2.24, 2.45) is 25.2 Å². The molecule has 136 valence electrons. The minimum Gasteiger partial charge on any atom is -0.340 e. The Hall–Kier alpha value is -2.35. The monoisotopic (exact) mass is 347 g/mol. The van der Waals surface area contributed by atoms with Gasteiger partial charge in [-0.15, -0.1) is 0 Å². The van der Waals surface area contributed by atoms with Gasteiger partial charge in [-0.2, -0.15) is 0 Å². The highest BCUT2D eigenvalue weighted by Gasteiger charge is 2.35. The highest BCUT2D eigenvalue weighted by Crippen LogP contribution is 2.27. The molecule has 0 aliphatic carbocycles. The number of aromatic nitrogens is 3. The highest BCUT2D eigenvalue weighted by atomic mass is 16.2. The average Bonchev–Trinajstić information content (AvgIpc) is 2.97. The summed E-state index contributed by atoms with van der Waals surface area (Å²) in [4.78, 5) is 39.0. The number of carbonyl (C=O) groups is 1. The molecule has 1 saturated heterocycles. The van der Waals surface area contributed by atoms with E-state index < -0.39 is 5.69 Å². The first-order valence-corrected chi connectivity index (χ1v) is 8.41. The first-order chi connectivity index (χ1) is 11.6. The molecule has 3 rings (SSSR count). The molecule has 3 heterocycles. The van der Waals surface area contributed by atoms with Crippen molar-refractivity contribution in [1.82, 2.24) is 18.6 Å². The second-order valence-electron chi connectivity index (χ2n) is 7.59. The summed E-state index contributed by atoms with van der Waals surface area (Å²) in [5, 5.41) is 0.429. The highest BCUT2D eigenvalue weighted by molar-refractivity contribution is 5.81. The minimum atomic E-state index is -0.407. The number of carbonyl (C=O) groups excluding carboxylic acids is 1. The molecule has 0 spiro atoms. The summed E-state index contributed by atoms with van der Waals surface area (Å²) in [6.07, 6.45) is 2.45. The van der Waals surface area contributed by atoms with Crippen molar-refractivity contribution in [2.45, 2.75) is 32.9 Å². The van der Waals surface area contributed by atoms with Crippen LogP contribution in [-0.2, 0) is 25.4 Å². The smallest absolute Gasteiger partial charge is 0.332 e. The molecule has 1 amide bonds. The molecule has 1 unspecified atom stereocenters. The van der Waals surface area contributed by atoms with E-state index in [1.54, 1.807) is 23.9 Å². The average molecular weight is 347 g/mol. The number of nitrogens with two attached hydrogens (primary N) is 1. The molecule has 2 aromatic rings. The molecule has 8 heteroatoms. The fraction of sp³-hybridized carbons (Fsp3) is 0.588. The van der Waals surface area contributed by atoms with E-state index >= 15 is 0 Å². The molecule has 25 heavy (non-hydrogen) atoms. The zero-order valence-corrected chi connectivity index (χ0v) is 15.2. The van der Waals surface area contributed by atoms with Crippen molar-refractivity contribution in [3.8, 4) is 0 Å². The molecule has 1 atom stereocenters. The van der Waals surface area contributed by atoms with Gasteiger partial charge in [0.25, 0.3) is 5.56 Å². The number of hydrogen-bond donors (Lipinski definition) is 1. The molecular weight excluding hydrogens is 322 g/mol. The number of aryl methyl sites for hydroxylation is 1. The van der Waals surface area contributed by atoms with Crippen LogP contribution in [0.25, 0.3) is 11.0 Å². The lowest BCUT2D eigenvalue weighted by Crippen LogP contribution is -2.54. The third-order valence-electron chi connectivity index (χ3n) is 5.33. The van der Waals surface area contributed by atoms with Crippen molar-refractivity contribution >= 4 is 16.9 Å². The number of fused-ring (bicyclic) bond motifs is 1. The standard InChI is InChI=1S/C17H25N5O3/c1-17(2)10-22(8-6-12(17)18)13(23)9-21-7-5-11-14(21)19(3)16(25)20(4)15(11)24/h5,7,12H,6,8-10,18H2,1-4H3. The van der Waals surface area contributed by atoms with Crippen molar-refractivity contribution in [1.29, 1.82) is 0 Å². The fourth-order valence-corrected chi connectivity index (χ4v) is 3.55. The Morgan fingerprint density at radius 2 is 1.96 bits per heavy atom. The van der Waals surface area contributed by atoms with Crippen LogP contribution in [0.5, 0.6) is 0 Å². The van der Waals surface area contributed by atoms with E-state index in [9.17, 15) is 14.4 Å². The van der Waals surface area contributed by atoms with Gasteiger partial charge in [0.1, 0.15) is 12.2 Å². The van der Waals surface area contributed by atoms with Gasteiger partial charge in [-0.1, -0.05) is 13.8 Å². The van der Waals surface area contributed by atoms with Gasteiger partial charge in [0, 0.05) is 39.4 Å². The Morgan fingerprint density at radius 3 is 2.60 bits per heavy atom. The van der Waals surface area contributed by atoms with Crippen molar-refractivity contribution in [2.75, 3.05) is 13.1 Å². The fourth-order valence-electron chi connectivity index (χ4n) is 3.55. The van der Waals surface area contributed by atoms with E-state index in [-0.39, 0.29) is 29.5 Å². The van der Waals surface area contributed by atoms with Crippen LogP contribution in [0.4, 0.5) is 0 Å². The Balaban J connectivity index is 1.93. The van der Waals surface area contributed by atoms with E-state index in [0.29, 0.717) is 24.1 Å². The zero-order chi connectivity index (χ0) is 18.5. The Bertz CT molecular complexity index is 950. The molecule has 1 aliphatic heterocycles. The molecular formula is C17H25N5O3. The third-order valence-corrected chi connectivity index (χ3v) is 5.33. The van der Waals surface area contributed by atoms with Crippen molar-refractivity contribution in [3.05, 3.63) is 33.1 Å². The number of hydrogen-bond acceptors (Lipinski definition) is 4. The SMILES string of the molecule is Cn1c(=O)c2ccn(CC(=O)N3CCC(N)C(C)(C)C3)c2n(C)c1=O. The molecule has 0 aromatic carbocycles. The summed E-state index contributed by atoms with van der Waals surface area (Å²) in [5.41, 5.74) is 5.71. The van der Waals surface area contributed by atoms with Gasteiger partial charge in [0.2, 0.25) is 5.91 Å². The molecule has 2 N–H and O–H groups in total. The predicted molar refractivity (Wildman–Crippen MR) is 95.4 cm³/mol. The predicted octanol–water partition coefficient (Wildman–Crippen LogP) is -0.375. The number of likely N-dealkylation sites (tertiary alicyclic amines) is 1. The second-order valence-corrected chi connectivity index (χ2v) is 7.59. The first-order valence-electron chi connectivity index (χ1n) is 8.41. The second kappa shape index (κ2) is 5.87.